The van der Waals surface area contributed by atoms with Crippen LogP contribution in [0.15, 0.2) is 47.6 Å². The molecule has 7 nitrogen and oxygen atoms in total. The van der Waals surface area contributed by atoms with E-state index in [2.05, 4.69) is 20.8 Å². The lowest BCUT2D eigenvalue weighted by Crippen LogP contribution is -2.28. The van der Waals surface area contributed by atoms with Gasteiger partial charge < -0.3 is 15.2 Å². The zero-order valence-corrected chi connectivity index (χ0v) is 19.6. The summed E-state index contributed by atoms with van der Waals surface area (Å²) in [6.07, 6.45) is 0. The Morgan fingerprint density at radius 3 is 2.45 bits per heavy atom. The molecule has 0 aliphatic carbocycles. The maximum absolute atomic E-state index is 12.4. The molecule has 0 radical (unpaired) electrons. The molecule has 0 fully saturated rings. The Balaban J connectivity index is 1.57. The standard InChI is InChI=1S/C20H18Cl3N5O2S/c1-11(24-19(30)12-3-5-13(21)6-4-12)18-26-27-20(28(18)2)31-10-17(29)25-14-7-8-15(22)16(23)9-14/h3-9,11H,10H2,1-2H3,(H,24,30)(H,25,29)/t11-/m1/s1. The third-order valence-corrected chi connectivity index (χ3v) is 6.26. The lowest BCUT2D eigenvalue weighted by molar-refractivity contribution is -0.113. The summed E-state index contributed by atoms with van der Waals surface area (Å²) in [6.45, 7) is 1.81. The lowest BCUT2D eigenvalue weighted by Gasteiger charge is -2.13. The van der Waals surface area contributed by atoms with Crippen LogP contribution in [-0.2, 0) is 11.8 Å². The number of amides is 2. The summed E-state index contributed by atoms with van der Waals surface area (Å²) < 4.78 is 1.74. The summed E-state index contributed by atoms with van der Waals surface area (Å²) in [5.74, 6) is 0.215. The number of carbonyl (C=O) groups excluding carboxylic acids is 2. The largest absolute Gasteiger partial charge is 0.342 e. The summed E-state index contributed by atoms with van der Waals surface area (Å²) in [5.41, 5.74) is 1.05. The van der Waals surface area contributed by atoms with Crippen LogP contribution in [0.3, 0.4) is 0 Å². The van der Waals surface area contributed by atoms with Gasteiger partial charge in [-0.05, 0) is 49.4 Å². The maximum atomic E-state index is 12.4. The second-order valence-electron chi connectivity index (χ2n) is 6.57. The fourth-order valence-corrected chi connectivity index (χ4v) is 3.82. The van der Waals surface area contributed by atoms with Crippen molar-refractivity contribution in [3.63, 3.8) is 0 Å². The highest BCUT2D eigenvalue weighted by Crippen LogP contribution is 2.25. The molecule has 0 saturated heterocycles. The van der Waals surface area contributed by atoms with Gasteiger partial charge in [0.05, 0.1) is 21.8 Å². The molecule has 31 heavy (non-hydrogen) atoms. The molecule has 1 atom stereocenters. The number of rotatable bonds is 7. The van der Waals surface area contributed by atoms with Gasteiger partial charge in [-0.15, -0.1) is 10.2 Å². The van der Waals surface area contributed by atoms with Crippen molar-refractivity contribution in [2.75, 3.05) is 11.1 Å². The number of nitrogens with one attached hydrogen (secondary N) is 2. The molecule has 0 aliphatic rings. The predicted molar refractivity (Wildman–Crippen MR) is 124 cm³/mol. The molecule has 3 aromatic rings. The number of carbonyl (C=O) groups is 2. The number of hydrogen-bond donors (Lipinski definition) is 2. The van der Waals surface area contributed by atoms with E-state index in [4.69, 9.17) is 34.8 Å². The number of hydrogen-bond acceptors (Lipinski definition) is 5. The van der Waals surface area contributed by atoms with Crippen LogP contribution < -0.4 is 10.6 Å². The smallest absolute Gasteiger partial charge is 0.251 e. The fraction of sp³-hybridized carbons (Fsp3) is 0.200. The van der Waals surface area contributed by atoms with Crippen LogP contribution in [0.1, 0.15) is 29.1 Å². The number of anilines is 1. The van der Waals surface area contributed by atoms with Crippen molar-refractivity contribution in [1.29, 1.82) is 0 Å². The molecule has 1 aromatic heterocycles. The topological polar surface area (TPSA) is 88.9 Å². The summed E-state index contributed by atoms with van der Waals surface area (Å²) in [4.78, 5) is 24.6. The average molecular weight is 499 g/mol. The van der Waals surface area contributed by atoms with Crippen molar-refractivity contribution in [2.45, 2.75) is 18.1 Å². The van der Waals surface area contributed by atoms with Crippen LogP contribution in [0.2, 0.25) is 15.1 Å². The molecule has 2 aromatic carbocycles. The number of thioether (sulfide) groups is 1. The third kappa shape index (κ3) is 6.13. The maximum Gasteiger partial charge on any atom is 0.251 e. The van der Waals surface area contributed by atoms with Gasteiger partial charge in [-0.3, -0.25) is 9.59 Å². The van der Waals surface area contributed by atoms with Crippen molar-refractivity contribution < 1.29 is 9.59 Å². The van der Waals surface area contributed by atoms with Crippen LogP contribution in [0.4, 0.5) is 5.69 Å². The zero-order valence-electron chi connectivity index (χ0n) is 16.5. The summed E-state index contributed by atoms with van der Waals surface area (Å²) in [7, 11) is 1.78. The predicted octanol–water partition coefficient (Wildman–Crippen LogP) is 5.00. The number of nitrogens with zero attached hydrogens (tertiary/aromatic N) is 3. The Morgan fingerprint density at radius 1 is 1.06 bits per heavy atom. The van der Waals surface area contributed by atoms with Gasteiger partial charge >= 0.3 is 0 Å². The molecule has 0 bridgehead atoms. The molecular weight excluding hydrogens is 481 g/mol. The first-order chi connectivity index (χ1) is 14.7. The van der Waals surface area contributed by atoms with E-state index in [1.807, 2.05) is 6.92 Å². The highest BCUT2D eigenvalue weighted by Gasteiger charge is 2.19. The van der Waals surface area contributed by atoms with E-state index in [0.29, 0.717) is 37.3 Å². The average Bonchev–Trinajstić information content (AvgIpc) is 3.10. The summed E-state index contributed by atoms with van der Waals surface area (Å²) in [6, 6.07) is 11.1. The Morgan fingerprint density at radius 2 is 1.77 bits per heavy atom. The van der Waals surface area contributed by atoms with E-state index in [1.165, 1.54) is 11.8 Å². The van der Waals surface area contributed by atoms with E-state index in [-0.39, 0.29) is 23.6 Å². The van der Waals surface area contributed by atoms with Gasteiger partial charge in [-0.25, -0.2) is 0 Å². The Labute approximate surface area is 198 Å². The first kappa shape index (κ1) is 23.4. The van der Waals surface area contributed by atoms with Crippen LogP contribution in [0.25, 0.3) is 0 Å². The SMILES string of the molecule is C[C@@H](NC(=O)c1ccc(Cl)cc1)c1nnc(SCC(=O)Nc2ccc(Cl)c(Cl)c2)n1C. The first-order valence-electron chi connectivity index (χ1n) is 9.08. The first-order valence-corrected chi connectivity index (χ1v) is 11.2. The highest BCUT2D eigenvalue weighted by molar-refractivity contribution is 7.99. The normalized spacial score (nSPS) is 11.8. The number of aromatic nitrogens is 3. The molecule has 1 heterocycles. The van der Waals surface area contributed by atoms with E-state index in [1.54, 1.807) is 54.1 Å². The Hall–Kier alpha value is -2.26. The molecule has 2 amide bonds. The van der Waals surface area contributed by atoms with E-state index < -0.39 is 0 Å². The molecular formula is C20H18Cl3N5O2S. The van der Waals surface area contributed by atoms with Crippen molar-refractivity contribution in [1.82, 2.24) is 20.1 Å². The van der Waals surface area contributed by atoms with Gasteiger partial charge in [0, 0.05) is 23.3 Å². The molecule has 0 spiro atoms. The zero-order chi connectivity index (χ0) is 22.5. The van der Waals surface area contributed by atoms with Crippen LogP contribution >= 0.6 is 46.6 Å². The molecule has 162 valence electrons. The van der Waals surface area contributed by atoms with Gasteiger partial charge in [0.25, 0.3) is 5.91 Å². The fourth-order valence-electron chi connectivity index (χ4n) is 2.68. The van der Waals surface area contributed by atoms with E-state index in [9.17, 15) is 9.59 Å². The molecule has 3 rings (SSSR count). The van der Waals surface area contributed by atoms with Gasteiger partial charge in [0.1, 0.15) is 0 Å². The molecule has 11 heteroatoms. The van der Waals surface area contributed by atoms with Crippen molar-refractivity contribution >= 4 is 64.1 Å². The van der Waals surface area contributed by atoms with E-state index in [0.717, 1.165) is 0 Å². The van der Waals surface area contributed by atoms with Gasteiger partial charge in [-0.2, -0.15) is 0 Å². The quantitative estimate of drug-likeness (QED) is 0.448. The Kier molecular flexibility index (Phi) is 7.83. The van der Waals surface area contributed by atoms with Crippen molar-refractivity contribution in [2.24, 2.45) is 7.05 Å². The Bertz CT molecular complexity index is 1100. The number of benzene rings is 2. The minimum absolute atomic E-state index is 0.123. The molecule has 0 aliphatic heterocycles. The minimum atomic E-state index is -0.389. The van der Waals surface area contributed by atoms with Crippen LogP contribution in [0.5, 0.6) is 0 Å². The minimum Gasteiger partial charge on any atom is -0.342 e. The monoisotopic (exact) mass is 497 g/mol. The van der Waals surface area contributed by atoms with Gasteiger partial charge in [0.15, 0.2) is 11.0 Å². The molecule has 0 saturated carbocycles. The van der Waals surface area contributed by atoms with Crippen molar-refractivity contribution in [3.05, 3.63) is 68.9 Å². The van der Waals surface area contributed by atoms with Gasteiger partial charge in [-0.1, -0.05) is 46.6 Å². The second kappa shape index (κ2) is 10.4. The molecule has 0 unspecified atom stereocenters. The van der Waals surface area contributed by atoms with E-state index >= 15 is 0 Å². The van der Waals surface area contributed by atoms with Crippen LogP contribution in [-0.4, -0.2) is 32.3 Å². The summed E-state index contributed by atoms with van der Waals surface area (Å²) in [5, 5.41) is 15.8. The summed E-state index contributed by atoms with van der Waals surface area (Å²) >= 11 is 18.9. The van der Waals surface area contributed by atoms with Gasteiger partial charge in [0.2, 0.25) is 5.91 Å². The lowest BCUT2D eigenvalue weighted by atomic mass is 10.2. The third-order valence-electron chi connectivity index (χ3n) is 4.25. The molecule has 2 N–H and O–H groups in total. The van der Waals surface area contributed by atoms with Crippen LogP contribution in [0, 0.1) is 0 Å². The van der Waals surface area contributed by atoms with Crippen molar-refractivity contribution in [3.8, 4) is 0 Å². The highest BCUT2D eigenvalue weighted by atomic mass is 35.5. The second-order valence-corrected chi connectivity index (χ2v) is 8.76. The number of halogens is 3.